The molecule has 0 aromatic heterocycles. The smallest absolute Gasteiger partial charge is 0.326 e. The molecule has 0 unspecified atom stereocenters. The van der Waals surface area contributed by atoms with Crippen LogP contribution in [0.15, 0.2) is 0 Å². The highest BCUT2D eigenvalue weighted by Crippen LogP contribution is 2.38. The monoisotopic (exact) mass is 296 g/mol. The van der Waals surface area contributed by atoms with Crippen LogP contribution < -0.4 is 5.32 Å². The average Bonchev–Trinajstić information content (AvgIpc) is 2.65. The van der Waals surface area contributed by atoms with Gasteiger partial charge in [0.2, 0.25) is 0 Å². The zero-order chi connectivity index (χ0) is 15.6. The minimum Gasteiger partial charge on any atom is -0.456 e. The number of urea groups is 1. The highest BCUT2D eigenvalue weighted by Gasteiger charge is 2.55. The van der Waals surface area contributed by atoms with E-state index in [0.29, 0.717) is 6.42 Å². The van der Waals surface area contributed by atoms with Crippen molar-refractivity contribution in [3.8, 4) is 0 Å². The summed E-state index contributed by atoms with van der Waals surface area (Å²) in [6.45, 7) is 2.44. The number of imide groups is 1. The molecule has 1 aliphatic carbocycles. The van der Waals surface area contributed by atoms with E-state index in [1.54, 1.807) is 0 Å². The summed E-state index contributed by atoms with van der Waals surface area (Å²) in [4.78, 5) is 47.8. The van der Waals surface area contributed by atoms with Crippen molar-refractivity contribution in [1.29, 1.82) is 0 Å². The third kappa shape index (κ3) is 2.91. The van der Waals surface area contributed by atoms with Gasteiger partial charge in [-0.1, -0.05) is 19.8 Å². The first kappa shape index (κ1) is 15.5. The number of nitrogens with zero attached hydrogens (tertiary/aromatic N) is 1. The number of nitrogens with one attached hydrogen (secondary N) is 1. The molecule has 1 saturated heterocycles. The summed E-state index contributed by atoms with van der Waals surface area (Å²) in [5, 5.41) is 2.75. The molecule has 2 aliphatic rings. The normalized spacial score (nSPS) is 28.7. The van der Waals surface area contributed by atoms with Gasteiger partial charge < -0.3 is 10.1 Å². The van der Waals surface area contributed by atoms with E-state index in [-0.39, 0.29) is 24.2 Å². The van der Waals surface area contributed by atoms with Crippen LogP contribution in [0, 0.1) is 5.92 Å². The van der Waals surface area contributed by atoms with E-state index in [0.717, 1.165) is 24.2 Å². The summed E-state index contributed by atoms with van der Waals surface area (Å²) >= 11 is 0. The van der Waals surface area contributed by atoms with E-state index in [4.69, 9.17) is 4.74 Å². The van der Waals surface area contributed by atoms with Gasteiger partial charge in [0.1, 0.15) is 18.7 Å². The lowest BCUT2D eigenvalue weighted by atomic mass is 9.73. The maximum atomic E-state index is 12.5. The van der Waals surface area contributed by atoms with Gasteiger partial charge in [0.25, 0.3) is 5.91 Å². The van der Waals surface area contributed by atoms with Crippen molar-refractivity contribution in [2.45, 2.75) is 45.1 Å². The molecule has 1 spiro atoms. The van der Waals surface area contributed by atoms with E-state index >= 15 is 0 Å². The molecule has 0 bridgehead atoms. The number of carbonyl (C=O) groups is 4. The lowest BCUT2D eigenvalue weighted by Crippen LogP contribution is -2.54. The van der Waals surface area contributed by atoms with E-state index in [9.17, 15) is 19.2 Å². The van der Waals surface area contributed by atoms with Crippen LogP contribution >= 0.6 is 0 Å². The van der Waals surface area contributed by atoms with Crippen LogP contribution in [0.1, 0.15) is 39.5 Å². The van der Waals surface area contributed by atoms with Crippen LogP contribution in [0.4, 0.5) is 4.79 Å². The average molecular weight is 296 g/mol. The summed E-state index contributed by atoms with van der Waals surface area (Å²) in [6, 6.07) is -0.562. The summed E-state index contributed by atoms with van der Waals surface area (Å²) in [5.41, 5.74) is -0.879. The molecule has 2 atom stereocenters. The minimum atomic E-state index is -0.879. The first-order chi connectivity index (χ1) is 9.86. The third-order valence-corrected chi connectivity index (χ3v) is 4.23. The van der Waals surface area contributed by atoms with E-state index in [1.165, 1.54) is 6.92 Å². The van der Waals surface area contributed by atoms with E-state index in [2.05, 4.69) is 5.32 Å². The first-order valence-corrected chi connectivity index (χ1v) is 7.16. The molecule has 3 amide bonds. The largest absolute Gasteiger partial charge is 0.456 e. The number of ether oxygens (including phenoxy) is 1. The Hall–Kier alpha value is -1.92. The summed E-state index contributed by atoms with van der Waals surface area (Å²) in [5.74, 6) is -1.37. The molecule has 1 saturated carbocycles. The van der Waals surface area contributed by atoms with Gasteiger partial charge in [-0.2, -0.15) is 0 Å². The zero-order valence-electron chi connectivity index (χ0n) is 12.3. The van der Waals surface area contributed by atoms with Gasteiger partial charge in [-0.15, -0.1) is 0 Å². The van der Waals surface area contributed by atoms with Crippen molar-refractivity contribution in [2.24, 2.45) is 5.92 Å². The van der Waals surface area contributed by atoms with Gasteiger partial charge >= 0.3 is 12.0 Å². The number of carbonyl (C=O) groups excluding carboxylic acids is 4. The molecule has 1 heterocycles. The maximum Gasteiger partial charge on any atom is 0.326 e. The molecule has 2 rings (SSSR count). The molecule has 2 fully saturated rings. The van der Waals surface area contributed by atoms with Crippen molar-refractivity contribution in [3.05, 3.63) is 0 Å². The van der Waals surface area contributed by atoms with Crippen molar-refractivity contribution in [3.63, 3.8) is 0 Å². The Morgan fingerprint density at radius 3 is 2.71 bits per heavy atom. The second kappa shape index (κ2) is 5.83. The number of Topliss-reactive ketones (excluding diaryl/α,β-unsaturated/α-hetero) is 1. The van der Waals surface area contributed by atoms with Crippen LogP contribution in [0.2, 0.25) is 0 Å². The molecule has 21 heavy (non-hydrogen) atoms. The van der Waals surface area contributed by atoms with Gasteiger partial charge in [0.05, 0.1) is 0 Å². The van der Waals surface area contributed by atoms with Crippen LogP contribution in [0.5, 0.6) is 0 Å². The van der Waals surface area contributed by atoms with Crippen molar-refractivity contribution >= 4 is 23.7 Å². The van der Waals surface area contributed by atoms with Gasteiger partial charge in [-0.05, 0) is 25.7 Å². The maximum absolute atomic E-state index is 12.5. The predicted molar refractivity (Wildman–Crippen MR) is 72.2 cm³/mol. The molecular formula is C14H20N2O5. The van der Waals surface area contributed by atoms with Crippen LogP contribution in [-0.2, 0) is 19.1 Å². The Kier molecular flexibility index (Phi) is 4.29. The van der Waals surface area contributed by atoms with Crippen LogP contribution in [0.3, 0.4) is 0 Å². The van der Waals surface area contributed by atoms with Gasteiger partial charge in [0.15, 0.2) is 5.78 Å². The Morgan fingerprint density at radius 1 is 1.38 bits per heavy atom. The van der Waals surface area contributed by atoms with Gasteiger partial charge in [0, 0.05) is 0 Å². The standard InChI is InChI=1S/C14H20N2O5/c1-9-5-3-4-6-14(9)12(19)16(13(20)15-14)7-11(18)21-8-10(2)17/h9H,3-8H2,1-2H3,(H,15,20)/t9-,14+/m1/s1. The first-order valence-electron chi connectivity index (χ1n) is 7.16. The second-order valence-electron chi connectivity index (χ2n) is 5.80. The Bertz CT molecular complexity index is 490. The number of hydrogen-bond acceptors (Lipinski definition) is 5. The van der Waals surface area contributed by atoms with E-state index < -0.39 is 24.1 Å². The van der Waals surface area contributed by atoms with Gasteiger partial charge in [-0.25, -0.2) is 4.79 Å². The quantitative estimate of drug-likeness (QED) is 0.606. The molecule has 1 N–H and O–H groups in total. The highest BCUT2D eigenvalue weighted by molar-refractivity contribution is 6.09. The molecule has 0 radical (unpaired) electrons. The van der Waals surface area contributed by atoms with Crippen LogP contribution in [-0.4, -0.2) is 47.3 Å². The number of esters is 1. The number of ketones is 1. The highest BCUT2D eigenvalue weighted by atomic mass is 16.5. The van der Waals surface area contributed by atoms with E-state index in [1.807, 2.05) is 6.92 Å². The second-order valence-corrected chi connectivity index (χ2v) is 5.80. The third-order valence-electron chi connectivity index (χ3n) is 4.23. The summed E-state index contributed by atoms with van der Waals surface area (Å²) < 4.78 is 4.70. The van der Waals surface area contributed by atoms with Gasteiger partial charge in [-0.3, -0.25) is 19.3 Å². The summed E-state index contributed by atoms with van der Waals surface area (Å²) in [6.07, 6.45) is 3.37. The Morgan fingerprint density at radius 2 is 2.10 bits per heavy atom. The molecule has 0 aromatic carbocycles. The van der Waals surface area contributed by atoms with Crippen molar-refractivity contribution in [2.75, 3.05) is 13.2 Å². The Balaban J connectivity index is 2.05. The molecule has 7 heteroatoms. The number of rotatable bonds is 4. The molecular weight excluding hydrogens is 276 g/mol. The SMILES string of the molecule is CC(=O)COC(=O)CN1C(=O)N[C@]2(CCCC[C@H]2C)C1=O. The fraction of sp³-hybridized carbons (Fsp3) is 0.714. The number of amides is 3. The lowest BCUT2D eigenvalue weighted by molar-refractivity contribution is -0.150. The molecule has 116 valence electrons. The topological polar surface area (TPSA) is 92.8 Å². The fourth-order valence-corrected chi connectivity index (χ4v) is 3.00. The molecule has 7 nitrogen and oxygen atoms in total. The van der Waals surface area contributed by atoms with Crippen LogP contribution in [0.25, 0.3) is 0 Å². The van der Waals surface area contributed by atoms with Crippen molar-refractivity contribution in [1.82, 2.24) is 10.2 Å². The lowest BCUT2D eigenvalue weighted by Gasteiger charge is -2.36. The number of hydrogen-bond donors (Lipinski definition) is 1. The predicted octanol–water partition coefficient (Wildman–Crippen LogP) is 0.619. The Labute approximate surface area is 123 Å². The van der Waals surface area contributed by atoms with Crippen molar-refractivity contribution < 1.29 is 23.9 Å². The zero-order valence-corrected chi connectivity index (χ0v) is 12.3. The molecule has 0 aromatic rings. The fourth-order valence-electron chi connectivity index (χ4n) is 3.00. The summed E-state index contributed by atoms with van der Waals surface area (Å²) in [7, 11) is 0. The molecule has 1 aliphatic heterocycles. The minimum absolute atomic E-state index is 0.0425.